The first-order valence-electron chi connectivity index (χ1n) is 9.23. The van der Waals surface area contributed by atoms with E-state index in [1.165, 1.54) is 6.42 Å². The minimum absolute atomic E-state index is 0.107. The van der Waals surface area contributed by atoms with Crippen LogP contribution in [0.15, 0.2) is 0 Å². The van der Waals surface area contributed by atoms with Gasteiger partial charge in [0.05, 0.1) is 11.5 Å². The van der Waals surface area contributed by atoms with Crippen LogP contribution in [0.4, 0.5) is 4.79 Å². The van der Waals surface area contributed by atoms with Crippen molar-refractivity contribution in [3.05, 3.63) is 0 Å². The molecule has 1 unspecified atom stereocenters. The third-order valence-corrected chi connectivity index (χ3v) is 6.33. The third-order valence-electron chi connectivity index (χ3n) is 6.33. The third kappa shape index (κ3) is 3.13. The van der Waals surface area contributed by atoms with Crippen molar-refractivity contribution >= 4 is 12.0 Å². The van der Waals surface area contributed by atoms with Gasteiger partial charge in [-0.2, -0.15) is 0 Å². The summed E-state index contributed by atoms with van der Waals surface area (Å²) in [5.41, 5.74) is -0.824. The molecule has 2 saturated heterocycles. The summed E-state index contributed by atoms with van der Waals surface area (Å²) in [6.07, 6.45) is 6.07. The van der Waals surface area contributed by atoms with Crippen LogP contribution in [-0.4, -0.2) is 54.4 Å². The Balaban J connectivity index is 1.55. The Morgan fingerprint density at radius 2 is 2.08 bits per heavy atom. The van der Waals surface area contributed by atoms with Crippen molar-refractivity contribution in [3.8, 4) is 0 Å². The molecule has 0 aromatic carbocycles. The molecular weight excluding hydrogens is 308 g/mol. The van der Waals surface area contributed by atoms with Gasteiger partial charge >= 0.3 is 12.0 Å². The number of carbonyl (C=O) groups is 2. The first kappa shape index (κ1) is 17.5. The summed E-state index contributed by atoms with van der Waals surface area (Å²) in [6, 6.07) is -0.131. The average Bonchev–Trinajstić information content (AvgIpc) is 3.12. The van der Waals surface area contributed by atoms with Gasteiger partial charge in [-0.05, 0) is 38.0 Å². The van der Waals surface area contributed by atoms with Crippen molar-refractivity contribution in [2.75, 3.05) is 26.2 Å². The molecule has 136 valence electrons. The second-order valence-electron chi connectivity index (χ2n) is 8.43. The van der Waals surface area contributed by atoms with E-state index in [-0.39, 0.29) is 23.5 Å². The van der Waals surface area contributed by atoms with E-state index < -0.39 is 11.4 Å². The lowest BCUT2D eigenvalue weighted by Gasteiger charge is -2.37. The van der Waals surface area contributed by atoms with E-state index in [0.29, 0.717) is 26.1 Å². The van der Waals surface area contributed by atoms with Crippen LogP contribution in [0.2, 0.25) is 0 Å². The highest BCUT2D eigenvalue weighted by molar-refractivity contribution is 5.80. The number of carbonyl (C=O) groups excluding carboxylic acids is 1. The summed E-state index contributed by atoms with van der Waals surface area (Å²) in [6.45, 7) is 6.52. The Hall–Kier alpha value is -1.30. The van der Waals surface area contributed by atoms with Crippen molar-refractivity contribution in [3.63, 3.8) is 0 Å². The lowest BCUT2D eigenvalue weighted by Crippen LogP contribution is -2.48. The van der Waals surface area contributed by atoms with Gasteiger partial charge in [0, 0.05) is 31.7 Å². The molecule has 2 amide bonds. The van der Waals surface area contributed by atoms with E-state index in [1.807, 2.05) is 0 Å². The number of hydrogen-bond acceptors (Lipinski definition) is 3. The lowest BCUT2D eigenvalue weighted by atomic mass is 9.81. The van der Waals surface area contributed by atoms with Gasteiger partial charge < -0.3 is 20.1 Å². The zero-order valence-electron chi connectivity index (χ0n) is 14.8. The Bertz CT molecular complexity index is 501. The highest BCUT2D eigenvalue weighted by Crippen LogP contribution is 2.48. The summed E-state index contributed by atoms with van der Waals surface area (Å²) in [5, 5.41) is 12.6. The molecule has 3 aliphatic rings. The summed E-state index contributed by atoms with van der Waals surface area (Å²) in [4.78, 5) is 26.0. The smallest absolute Gasteiger partial charge is 0.317 e. The molecule has 0 aromatic heterocycles. The van der Waals surface area contributed by atoms with Gasteiger partial charge in [-0.15, -0.1) is 0 Å². The second-order valence-corrected chi connectivity index (χ2v) is 8.43. The summed E-state index contributed by atoms with van der Waals surface area (Å²) < 4.78 is 5.87. The topological polar surface area (TPSA) is 78.9 Å². The molecule has 2 aliphatic heterocycles. The maximum absolute atomic E-state index is 12.6. The molecule has 0 spiro atoms. The number of rotatable bonds is 4. The van der Waals surface area contributed by atoms with E-state index in [0.717, 1.165) is 32.3 Å². The zero-order chi connectivity index (χ0) is 17.4. The van der Waals surface area contributed by atoms with Crippen molar-refractivity contribution in [1.29, 1.82) is 0 Å². The minimum atomic E-state index is -0.740. The predicted octanol–water partition coefficient (Wildman–Crippen LogP) is 2.48. The van der Waals surface area contributed by atoms with Crippen molar-refractivity contribution < 1.29 is 19.4 Å². The van der Waals surface area contributed by atoms with E-state index in [9.17, 15) is 14.7 Å². The number of likely N-dealkylation sites (tertiary alicyclic amines) is 1. The number of nitrogens with zero attached hydrogens (tertiary/aromatic N) is 1. The molecule has 1 saturated carbocycles. The van der Waals surface area contributed by atoms with Crippen LogP contribution in [-0.2, 0) is 9.53 Å². The van der Waals surface area contributed by atoms with E-state index >= 15 is 0 Å². The van der Waals surface area contributed by atoms with Crippen LogP contribution in [0.1, 0.15) is 52.4 Å². The van der Waals surface area contributed by atoms with Gasteiger partial charge in [0.25, 0.3) is 0 Å². The first-order chi connectivity index (χ1) is 11.3. The van der Waals surface area contributed by atoms with Crippen LogP contribution in [0.5, 0.6) is 0 Å². The maximum atomic E-state index is 12.6. The summed E-state index contributed by atoms with van der Waals surface area (Å²) in [5.74, 6) is -0.633. The molecule has 2 heterocycles. The zero-order valence-corrected chi connectivity index (χ0v) is 14.8. The number of amides is 2. The number of fused-ring (bicyclic) bond motifs is 1. The van der Waals surface area contributed by atoms with Crippen molar-refractivity contribution in [2.24, 2.45) is 16.7 Å². The highest BCUT2D eigenvalue weighted by Gasteiger charge is 2.55. The van der Waals surface area contributed by atoms with Crippen LogP contribution in [0.25, 0.3) is 0 Å². The van der Waals surface area contributed by atoms with E-state index in [1.54, 1.807) is 4.90 Å². The molecule has 0 radical (unpaired) electrons. The van der Waals surface area contributed by atoms with Gasteiger partial charge in [0.15, 0.2) is 0 Å². The monoisotopic (exact) mass is 338 g/mol. The number of urea groups is 1. The van der Waals surface area contributed by atoms with Crippen molar-refractivity contribution in [2.45, 2.75) is 58.5 Å². The minimum Gasteiger partial charge on any atom is -0.481 e. The van der Waals surface area contributed by atoms with Gasteiger partial charge in [-0.1, -0.05) is 20.3 Å². The molecule has 0 aromatic rings. The number of hydrogen-bond donors (Lipinski definition) is 2. The standard InChI is InChI=1S/C18H30N2O4/c1-17(2,14-7-3-4-9-24-14)11-19-16(23)20-10-13-6-5-8-18(13,12-20)15(21)22/h13-14H,3-12H2,1-2H3,(H,19,23)(H,21,22)/t13-,14?,18+/m0/s1. The Morgan fingerprint density at radius 3 is 2.71 bits per heavy atom. The molecule has 0 bridgehead atoms. The SMILES string of the molecule is CC(C)(CNC(=O)N1C[C@@H]2CCC[C@@]2(C(=O)O)C1)C1CCCCO1. The Labute approximate surface area is 143 Å². The number of nitrogens with one attached hydrogen (secondary N) is 1. The van der Waals surface area contributed by atoms with Crippen LogP contribution >= 0.6 is 0 Å². The number of aliphatic carboxylic acids is 1. The molecule has 1 aliphatic carbocycles. The first-order valence-corrected chi connectivity index (χ1v) is 9.23. The van der Waals surface area contributed by atoms with Gasteiger partial charge in [-0.3, -0.25) is 4.79 Å². The van der Waals surface area contributed by atoms with Crippen LogP contribution in [0, 0.1) is 16.7 Å². The van der Waals surface area contributed by atoms with Gasteiger partial charge in [0.1, 0.15) is 0 Å². The number of carboxylic acids is 1. The molecule has 6 heteroatoms. The fourth-order valence-electron chi connectivity index (χ4n) is 4.68. The van der Waals surface area contributed by atoms with Crippen molar-refractivity contribution in [1.82, 2.24) is 10.2 Å². The molecular formula is C18H30N2O4. The molecule has 2 N–H and O–H groups in total. The molecule has 3 atom stereocenters. The van der Waals surface area contributed by atoms with Crippen LogP contribution < -0.4 is 5.32 Å². The molecule has 3 rings (SSSR count). The number of carboxylic acid groups (broad SMARTS) is 1. The Morgan fingerprint density at radius 1 is 1.29 bits per heavy atom. The lowest BCUT2D eigenvalue weighted by molar-refractivity contribution is -0.149. The summed E-state index contributed by atoms with van der Waals surface area (Å²) in [7, 11) is 0. The quantitative estimate of drug-likeness (QED) is 0.825. The largest absolute Gasteiger partial charge is 0.481 e. The van der Waals surface area contributed by atoms with Crippen LogP contribution in [0.3, 0.4) is 0 Å². The molecule has 6 nitrogen and oxygen atoms in total. The Kier molecular flexibility index (Phi) is 4.78. The van der Waals surface area contributed by atoms with Gasteiger partial charge in [-0.25, -0.2) is 4.79 Å². The fourth-order valence-corrected chi connectivity index (χ4v) is 4.68. The second kappa shape index (κ2) is 6.54. The highest BCUT2D eigenvalue weighted by atomic mass is 16.5. The summed E-state index contributed by atoms with van der Waals surface area (Å²) >= 11 is 0. The fraction of sp³-hybridized carbons (Fsp3) is 0.889. The number of ether oxygens (including phenoxy) is 1. The average molecular weight is 338 g/mol. The van der Waals surface area contributed by atoms with E-state index in [2.05, 4.69) is 19.2 Å². The van der Waals surface area contributed by atoms with Gasteiger partial charge in [0.2, 0.25) is 0 Å². The predicted molar refractivity (Wildman–Crippen MR) is 89.8 cm³/mol. The molecule has 3 fully saturated rings. The normalized spacial score (nSPS) is 33.3. The maximum Gasteiger partial charge on any atom is 0.317 e. The molecule has 24 heavy (non-hydrogen) atoms. The van der Waals surface area contributed by atoms with E-state index in [4.69, 9.17) is 4.74 Å².